The molecule has 0 saturated heterocycles. The Morgan fingerprint density at radius 2 is 2.31 bits per heavy atom. The van der Waals surface area contributed by atoms with Gasteiger partial charge in [-0.2, -0.15) is 0 Å². The smallest absolute Gasteiger partial charge is 0.183 e. The molecule has 0 spiro atoms. The van der Waals surface area contributed by atoms with E-state index in [9.17, 15) is 4.39 Å². The van der Waals surface area contributed by atoms with Gasteiger partial charge < -0.3 is 5.32 Å². The number of hydrogen-bond acceptors (Lipinski definition) is 3. The summed E-state index contributed by atoms with van der Waals surface area (Å²) in [4.78, 5) is 5.36. The summed E-state index contributed by atoms with van der Waals surface area (Å²) >= 11 is 4.77. The van der Waals surface area contributed by atoms with Crippen molar-refractivity contribution in [3.8, 4) is 0 Å². The molecule has 0 fully saturated rings. The Kier molecular flexibility index (Phi) is 3.56. The Labute approximate surface area is 106 Å². The van der Waals surface area contributed by atoms with Crippen LogP contribution in [-0.4, -0.2) is 4.98 Å². The van der Waals surface area contributed by atoms with Crippen LogP contribution in [0.4, 0.5) is 9.52 Å². The number of anilines is 1. The quantitative estimate of drug-likeness (QED) is 0.928. The zero-order chi connectivity index (χ0) is 11.5. The lowest BCUT2D eigenvalue weighted by Gasteiger charge is -2.03. The molecule has 2 aromatic rings. The monoisotopic (exact) mass is 300 g/mol. The van der Waals surface area contributed by atoms with Gasteiger partial charge in [0.15, 0.2) is 5.13 Å². The molecule has 0 aliphatic carbocycles. The highest BCUT2D eigenvalue weighted by molar-refractivity contribution is 9.10. The molecule has 1 N–H and O–H groups in total. The van der Waals surface area contributed by atoms with Crippen molar-refractivity contribution < 1.29 is 4.39 Å². The first kappa shape index (κ1) is 11.5. The van der Waals surface area contributed by atoms with Crippen LogP contribution in [-0.2, 0) is 6.54 Å². The first-order chi connectivity index (χ1) is 7.65. The standard InChI is InChI=1S/C11H10BrFN2S/c1-7-5-14-11(16-7)15-6-8-2-3-10(13)9(12)4-8/h2-5H,6H2,1H3,(H,14,15). The van der Waals surface area contributed by atoms with Crippen molar-refractivity contribution in [2.75, 3.05) is 5.32 Å². The van der Waals surface area contributed by atoms with Gasteiger partial charge >= 0.3 is 0 Å². The zero-order valence-corrected chi connectivity index (χ0v) is 11.0. The zero-order valence-electron chi connectivity index (χ0n) is 8.63. The maximum atomic E-state index is 13.0. The largest absolute Gasteiger partial charge is 0.357 e. The molecule has 0 atom stereocenters. The Morgan fingerprint density at radius 3 is 2.94 bits per heavy atom. The average Bonchev–Trinajstić information content (AvgIpc) is 2.66. The van der Waals surface area contributed by atoms with Crippen molar-refractivity contribution in [2.45, 2.75) is 13.5 Å². The molecule has 0 saturated carbocycles. The molecule has 0 amide bonds. The van der Waals surface area contributed by atoms with Gasteiger partial charge in [0.05, 0.1) is 4.47 Å². The number of hydrogen-bond donors (Lipinski definition) is 1. The molecule has 0 aliphatic heterocycles. The summed E-state index contributed by atoms with van der Waals surface area (Å²) in [5, 5.41) is 4.08. The normalized spacial score (nSPS) is 10.4. The van der Waals surface area contributed by atoms with Gasteiger partial charge in [-0.25, -0.2) is 9.37 Å². The number of halogens is 2. The van der Waals surface area contributed by atoms with Crippen molar-refractivity contribution in [2.24, 2.45) is 0 Å². The van der Waals surface area contributed by atoms with Crippen LogP contribution >= 0.6 is 27.3 Å². The molecule has 5 heteroatoms. The van der Waals surface area contributed by atoms with E-state index in [4.69, 9.17) is 0 Å². The molecule has 0 bridgehead atoms. The lowest BCUT2D eigenvalue weighted by Crippen LogP contribution is -1.98. The molecular weight excluding hydrogens is 291 g/mol. The maximum absolute atomic E-state index is 13.0. The molecule has 0 radical (unpaired) electrons. The Bertz CT molecular complexity index is 498. The third-order valence-electron chi connectivity index (χ3n) is 2.05. The van der Waals surface area contributed by atoms with Crippen LogP contribution in [0.25, 0.3) is 0 Å². The third-order valence-corrected chi connectivity index (χ3v) is 3.53. The number of thiazole rings is 1. The fourth-order valence-corrected chi connectivity index (χ4v) is 2.35. The highest BCUT2D eigenvalue weighted by Gasteiger charge is 2.01. The van der Waals surface area contributed by atoms with Crippen LogP contribution in [0.3, 0.4) is 0 Å². The van der Waals surface area contributed by atoms with E-state index in [1.54, 1.807) is 23.5 Å². The van der Waals surface area contributed by atoms with Crippen molar-refractivity contribution in [3.63, 3.8) is 0 Å². The van der Waals surface area contributed by atoms with Crippen LogP contribution in [0.1, 0.15) is 10.4 Å². The van der Waals surface area contributed by atoms with E-state index in [2.05, 4.69) is 26.2 Å². The number of nitrogens with one attached hydrogen (secondary N) is 1. The van der Waals surface area contributed by atoms with Gasteiger partial charge in [0.25, 0.3) is 0 Å². The van der Waals surface area contributed by atoms with Crippen molar-refractivity contribution in [1.82, 2.24) is 4.98 Å². The van der Waals surface area contributed by atoms with Crippen LogP contribution in [0, 0.1) is 12.7 Å². The Hall–Kier alpha value is -0.940. The van der Waals surface area contributed by atoms with Crippen molar-refractivity contribution in [1.29, 1.82) is 0 Å². The van der Waals surface area contributed by atoms with Gasteiger partial charge in [0.1, 0.15) is 5.82 Å². The summed E-state index contributed by atoms with van der Waals surface area (Å²) < 4.78 is 13.5. The molecule has 1 aromatic carbocycles. The van der Waals surface area contributed by atoms with E-state index in [1.807, 2.05) is 13.1 Å². The molecule has 16 heavy (non-hydrogen) atoms. The summed E-state index contributed by atoms with van der Waals surface area (Å²) in [5.41, 5.74) is 1.01. The summed E-state index contributed by atoms with van der Waals surface area (Å²) in [6.07, 6.45) is 1.83. The van der Waals surface area contributed by atoms with Crippen LogP contribution in [0.2, 0.25) is 0 Å². The van der Waals surface area contributed by atoms with E-state index in [1.165, 1.54) is 10.9 Å². The van der Waals surface area contributed by atoms with E-state index in [0.29, 0.717) is 11.0 Å². The molecule has 2 rings (SSSR count). The number of benzene rings is 1. The molecular formula is C11H10BrFN2S. The van der Waals surface area contributed by atoms with Gasteiger partial charge in [0.2, 0.25) is 0 Å². The van der Waals surface area contributed by atoms with Gasteiger partial charge in [0, 0.05) is 17.6 Å². The molecule has 2 nitrogen and oxygen atoms in total. The minimum Gasteiger partial charge on any atom is -0.357 e. The topological polar surface area (TPSA) is 24.9 Å². The fraction of sp³-hybridized carbons (Fsp3) is 0.182. The number of aryl methyl sites for hydroxylation is 1. The van der Waals surface area contributed by atoms with Crippen LogP contribution in [0.5, 0.6) is 0 Å². The van der Waals surface area contributed by atoms with E-state index in [-0.39, 0.29) is 5.82 Å². The van der Waals surface area contributed by atoms with Crippen molar-refractivity contribution in [3.05, 3.63) is 45.1 Å². The fourth-order valence-electron chi connectivity index (χ4n) is 1.26. The summed E-state index contributed by atoms with van der Waals surface area (Å²) in [5.74, 6) is -0.242. The first-order valence-corrected chi connectivity index (χ1v) is 6.36. The predicted molar refractivity (Wildman–Crippen MR) is 68.3 cm³/mol. The second-order valence-electron chi connectivity index (χ2n) is 3.38. The van der Waals surface area contributed by atoms with Crippen molar-refractivity contribution >= 4 is 32.4 Å². The second kappa shape index (κ2) is 4.93. The van der Waals surface area contributed by atoms with Gasteiger partial charge in [-0.1, -0.05) is 6.07 Å². The van der Waals surface area contributed by atoms with Gasteiger partial charge in [-0.3, -0.25) is 0 Å². The maximum Gasteiger partial charge on any atom is 0.183 e. The summed E-state index contributed by atoms with van der Waals surface area (Å²) in [7, 11) is 0. The molecule has 0 aliphatic rings. The second-order valence-corrected chi connectivity index (χ2v) is 5.47. The molecule has 84 valence electrons. The summed E-state index contributed by atoms with van der Waals surface area (Å²) in [6, 6.07) is 4.98. The summed E-state index contributed by atoms with van der Waals surface area (Å²) in [6.45, 7) is 2.66. The minimum absolute atomic E-state index is 0.242. The Balaban J connectivity index is 2.02. The van der Waals surface area contributed by atoms with E-state index >= 15 is 0 Å². The Morgan fingerprint density at radius 1 is 1.50 bits per heavy atom. The third kappa shape index (κ3) is 2.80. The highest BCUT2D eigenvalue weighted by Crippen LogP contribution is 2.20. The molecule has 0 unspecified atom stereocenters. The van der Waals surface area contributed by atoms with Crippen LogP contribution in [0.15, 0.2) is 28.9 Å². The first-order valence-electron chi connectivity index (χ1n) is 4.75. The van der Waals surface area contributed by atoms with Crippen LogP contribution < -0.4 is 5.32 Å². The van der Waals surface area contributed by atoms with E-state index in [0.717, 1.165) is 10.7 Å². The SMILES string of the molecule is Cc1cnc(NCc2ccc(F)c(Br)c2)s1. The predicted octanol–water partition coefficient (Wildman–Crippen LogP) is 3.97. The van der Waals surface area contributed by atoms with E-state index < -0.39 is 0 Å². The number of nitrogens with zero attached hydrogens (tertiary/aromatic N) is 1. The number of aromatic nitrogens is 1. The van der Waals surface area contributed by atoms with Gasteiger partial charge in [-0.15, -0.1) is 11.3 Å². The lowest BCUT2D eigenvalue weighted by atomic mass is 10.2. The molecule has 1 aromatic heterocycles. The minimum atomic E-state index is -0.242. The average molecular weight is 301 g/mol. The lowest BCUT2D eigenvalue weighted by molar-refractivity contribution is 0.620. The molecule has 1 heterocycles. The van der Waals surface area contributed by atoms with Gasteiger partial charge in [-0.05, 0) is 40.5 Å². The number of rotatable bonds is 3. The highest BCUT2D eigenvalue weighted by atomic mass is 79.9.